The van der Waals surface area contributed by atoms with Gasteiger partial charge in [0.15, 0.2) is 12.2 Å². The van der Waals surface area contributed by atoms with E-state index < -0.39 is 97.5 Å². The van der Waals surface area contributed by atoms with Gasteiger partial charge in [-0.2, -0.15) is 0 Å². The molecule has 3 unspecified atom stereocenters. The van der Waals surface area contributed by atoms with Crippen molar-refractivity contribution in [2.75, 3.05) is 39.6 Å². The maximum absolute atomic E-state index is 13.0. The molecule has 0 saturated carbocycles. The van der Waals surface area contributed by atoms with E-state index in [1.54, 1.807) is 0 Å². The molecule has 0 spiro atoms. The Hall–Kier alpha value is -1.94. The van der Waals surface area contributed by atoms with Crippen molar-refractivity contribution in [2.45, 2.75) is 381 Å². The summed E-state index contributed by atoms with van der Waals surface area (Å²) in [5.74, 6) is -0.618. The summed E-state index contributed by atoms with van der Waals surface area (Å²) in [4.78, 5) is 72.4. The van der Waals surface area contributed by atoms with Crippen LogP contribution in [0.4, 0.5) is 0 Å². The van der Waals surface area contributed by atoms with Crippen LogP contribution in [0.15, 0.2) is 0 Å². The molecule has 0 amide bonds. The first-order chi connectivity index (χ1) is 43.4. The highest BCUT2D eigenvalue weighted by Crippen LogP contribution is 2.45. The number of carbonyl (C=O) groups is 4. The van der Waals surface area contributed by atoms with Gasteiger partial charge in [0.25, 0.3) is 0 Å². The summed E-state index contributed by atoms with van der Waals surface area (Å²) in [6.07, 6.45) is 48.8. The van der Waals surface area contributed by atoms with E-state index in [1.165, 1.54) is 167 Å². The summed E-state index contributed by atoms with van der Waals surface area (Å²) >= 11 is 0. The number of aliphatic hydroxyl groups excluding tert-OH is 1. The van der Waals surface area contributed by atoms with E-state index in [2.05, 4.69) is 41.5 Å². The predicted molar refractivity (Wildman–Crippen MR) is 363 cm³/mol. The molecule has 0 bridgehead atoms. The first-order valence-electron chi connectivity index (χ1n) is 37.0. The third kappa shape index (κ3) is 63.5. The lowest BCUT2D eigenvalue weighted by molar-refractivity contribution is -0.161. The van der Waals surface area contributed by atoms with Gasteiger partial charge < -0.3 is 33.8 Å². The third-order valence-corrected chi connectivity index (χ3v) is 18.7. The highest BCUT2D eigenvalue weighted by molar-refractivity contribution is 7.47. The molecular weight excluding hydrogens is 1190 g/mol. The van der Waals surface area contributed by atoms with Crippen molar-refractivity contribution in [1.82, 2.24) is 0 Å². The summed E-state index contributed by atoms with van der Waals surface area (Å²) in [7, 11) is -9.90. The van der Waals surface area contributed by atoms with Crippen molar-refractivity contribution < 1.29 is 80.2 Å². The number of phosphoric acid groups is 2. The number of carbonyl (C=O) groups excluding carboxylic acids is 4. The largest absolute Gasteiger partial charge is 0.472 e. The number of rotatable bonds is 70. The van der Waals surface area contributed by atoms with Crippen LogP contribution < -0.4 is 0 Å². The normalized spacial score (nSPS) is 14.4. The molecule has 0 aliphatic rings. The predicted octanol–water partition coefficient (Wildman–Crippen LogP) is 20.4. The fourth-order valence-corrected chi connectivity index (χ4v) is 12.3. The summed E-state index contributed by atoms with van der Waals surface area (Å²) in [6.45, 7) is 9.49. The second-order valence-electron chi connectivity index (χ2n) is 26.3. The van der Waals surface area contributed by atoms with E-state index in [0.29, 0.717) is 25.7 Å². The molecule has 0 aliphatic heterocycles. The van der Waals surface area contributed by atoms with Gasteiger partial charge in [0.2, 0.25) is 0 Å². The van der Waals surface area contributed by atoms with Gasteiger partial charge in [-0.25, -0.2) is 9.13 Å². The maximum Gasteiger partial charge on any atom is 0.472 e. The average molecular weight is 1330 g/mol. The van der Waals surface area contributed by atoms with Crippen LogP contribution in [-0.4, -0.2) is 96.7 Å². The Labute approximate surface area is 549 Å². The first-order valence-corrected chi connectivity index (χ1v) is 40.0. The topological polar surface area (TPSA) is 237 Å². The van der Waals surface area contributed by atoms with E-state index in [4.69, 9.17) is 37.0 Å². The molecule has 19 heteroatoms. The van der Waals surface area contributed by atoms with E-state index >= 15 is 0 Å². The van der Waals surface area contributed by atoms with Crippen LogP contribution in [0.3, 0.4) is 0 Å². The molecule has 90 heavy (non-hydrogen) atoms. The van der Waals surface area contributed by atoms with Crippen molar-refractivity contribution >= 4 is 39.5 Å². The molecule has 0 aromatic carbocycles. The number of hydrogen-bond donors (Lipinski definition) is 3. The minimum atomic E-state index is -4.95. The number of phosphoric ester groups is 2. The third-order valence-electron chi connectivity index (χ3n) is 16.8. The van der Waals surface area contributed by atoms with Crippen LogP contribution in [0.2, 0.25) is 0 Å². The van der Waals surface area contributed by atoms with Crippen LogP contribution >= 0.6 is 15.6 Å². The molecule has 0 rings (SSSR count). The second-order valence-corrected chi connectivity index (χ2v) is 29.3. The number of hydrogen-bond acceptors (Lipinski definition) is 15. The Morgan fingerprint density at radius 2 is 0.567 bits per heavy atom. The Morgan fingerprint density at radius 1 is 0.322 bits per heavy atom. The Balaban J connectivity index is 5.20. The number of aliphatic hydroxyl groups is 1. The van der Waals surface area contributed by atoms with Crippen molar-refractivity contribution in [3.8, 4) is 0 Å². The van der Waals surface area contributed by atoms with E-state index in [1.807, 2.05) is 0 Å². The fraction of sp³-hybridized carbons (Fsp3) is 0.944. The van der Waals surface area contributed by atoms with Gasteiger partial charge in [-0.1, -0.05) is 311 Å². The number of ether oxygens (including phenoxy) is 4. The average Bonchev–Trinajstić information content (AvgIpc) is 3.40. The van der Waals surface area contributed by atoms with Crippen molar-refractivity contribution in [3.63, 3.8) is 0 Å². The minimum Gasteiger partial charge on any atom is -0.462 e. The number of esters is 4. The Bertz CT molecular complexity index is 1750. The molecule has 0 aromatic rings. The summed E-state index contributed by atoms with van der Waals surface area (Å²) < 4.78 is 68.2. The monoisotopic (exact) mass is 1320 g/mol. The Morgan fingerprint density at radius 3 is 0.844 bits per heavy atom. The zero-order valence-corrected chi connectivity index (χ0v) is 60.2. The number of unbranched alkanes of at least 4 members (excludes halogenated alkanes) is 39. The van der Waals surface area contributed by atoms with E-state index in [9.17, 15) is 43.2 Å². The highest BCUT2D eigenvalue weighted by atomic mass is 31.2. The molecule has 534 valence electrons. The zero-order chi connectivity index (χ0) is 66.5. The minimum absolute atomic E-state index is 0.103. The molecule has 17 nitrogen and oxygen atoms in total. The van der Waals surface area contributed by atoms with Gasteiger partial charge in [0.1, 0.15) is 19.3 Å². The quantitative estimate of drug-likeness (QED) is 0.0222. The standard InChI is InChI=1S/C71H138O17P2/c1-7-10-12-14-16-17-18-19-20-21-22-25-29-32-36-43-49-55-70(75)87-66(60-82-69(74)54-48-42-35-31-28-26-23-24-27-30-34-39-45-51-63(4)5)61-85-89(77,78)83-57-65(72)58-84-90(79,80)86-62-67(59-81-68(73)53-47-41-33-15-13-11-8-2)88-71(76)56-50-44-38-37-40-46-52-64(6)9-3/h63-67,72H,7-62H2,1-6H3,(H,77,78)(H,79,80)/t64?,65-,66-,67-/m1/s1. The first kappa shape index (κ1) is 88.1. The molecule has 3 N–H and O–H groups in total. The van der Waals surface area contributed by atoms with Crippen LogP contribution in [0.5, 0.6) is 0 Å². The van der Waals surface area contributed by atoms with Crippen LogP contribution in [0.1, 0.15) is 363 Å². The summed E-state index contributed by atoms with van der Waals surface area (Å²) in [5.41, 5.74) is 0. The molecule has 6 atom stereocenters. The molecule has 0 aliphatic carbocycles. The molecule has 0 radical (unpaired) electrons. The second kappa shape index (κ2) is 63.1. The van der Waals surface area contributed by atoms with Crippen molar-refractivity contribution in [1.29, 1.82) is 0 Å². The van der Waals surface area contributed by atoms with E-state index in [0.717, 1.165) is 115 Å². The van der Waals surface area contributed by atoms with Gasteiger partial charge in [-0.05, 0) is 37.5 Å². The van der Waals surface area contributed by atoms with Crippen LogP contribution in [-0.2, 0) is 65.4 Å². The molecule has 0 aromatic heterocycles. The molecule has 0 saturated heterocycles. The van der Waals surface area contributed by atoms with Gasteiger partial charge in [-0.15, -0.1) is 0 Å². The molecule has 0 heterocycles. The zero-order valence-electron chi connectivity index (χ0n) is 58.4. The van der Waals surface area contributed by atoms with Crippen LogP contribution in [0.25, 0.3) is 0 Å². The Kier molecular flexibility index (Phi) is 61.8. The maximum atomic E-state index is 13.0. The van der Waals surface area contributed by atoms with Crippen molar-refractivity contribution in [2.24, 2.45) is 11.8 Å². The van der Waals surface area contributed by atoms with E-state index in [-0.39, 0.29) is 25.7 Å². The van der Waals surface area contributed by atoms with Gasteiger partial charge in [-0.3, -0.25) is 37.3 Å². The lowest BCUT2D eigenvalue weighted by Crippen LogP contribution is -2.30. The van der Waals surface area contributed by atoms with Crippen LogP contribution in [0, 0.1) is 11.8 Å². The lowest BCUT2D eigenvalue weighted by Gasteiger charge is -2.21. The summed E-state index contributed by atoms with van der Waals surface area (Å²) in [5, 5.41) is 10.6. The molecular formula is C71H138O17P2. The molecule has 0 fully saturated rings. The SMILES string of the molecule is CCCCCCCCCCCCCCCCCCCC(=O)O[C@H](COC(=O)CCCCCCCCCCCCCCCC(C)C)COP(=O)(O)OC[C@@H](O)COP(=O)(O)OC[C@@H](COC(=O)CCCCCCCCC)OC(=O)CCCCCCCCC(C)CC. The fourth-order valence-electron chi connectivity index (χ4n) is 10.7. The van der Waals surface area contributed by atoms with Gasteiger partial charge in [0, 0.05) is 25.7 Å². The van der Waals surface area contributed by atoms with Gasteiger partial charge >= 0.3 is 39.5 Å². The van der Waals surface area contributed by atoms with Crippen molar-refractivity contribution in [3.05, 3.63) is 0 Å². The highest BCUT2D eigenvalue weighted by Gasteiger charge is 2.30. The lowest BCUT2D eigenvalue weighted by atomic mass is 10.00. The smallest absolute Gasteiger partial charge is 0.462 e. The summed E-state index contributed by atoms with van der Waals surface area (Å²) in [6, 6.07) is 0. The van der Waals surface area contributed by atoms with Gasteiger partial charge in [0.05, 0.1) is 26.4 Å².